The third-order valence-corrected chi connectivity index (χ3v) is 9.10. The molecule has 2 aromatic heterocycles. The Morgan fingerprint density at radius 1 is 0.776 bits per heavy atom. The Hall–Kier alpha value is -4.33. The van der Waals surface area contributed by atoms with Crippen LogP contribution in [0.15, 0.2) is 84.1 Å². The molecule has 0 unspecified atom stereocenters. The van der Waals surface area contributed by atoms with E-state index in [0.29, 0.717) is 38.8 Å². The smallest absolute Gasteiger partial charge is 0.407 e. The number of thiazole rings is 2. The molecule has 0 saturated heterocycles. The highest BCUT2D eigenvalue weighted by Crippen LogP contribution is 2.15. The van der Waals surface area contributed by atoms with Gasteiger partial charge in [-0.25, -0.2) is 9.59 Å². The van der Waals surface area contributed by atoms with Crippen LogP contribution in [0.2, 0.25) is 0 Å². The molecule has 13 heteroatoms. The molecule has 0 aliphatic rings. The van der Waals surface area contributed by atoms with Gasteiger partial charge >= 0.3 is 12.1 Å². The van der Waals surface area contributed by atoms with Crippen LogP contribution in [0.5, 0.6) is 0 Å². The first-order chi connectivity index (χ1) is 23.7. The van der Waals surface area contributed by atoms with Gasteiger partial charge in [0, 0.05) is 43.0 Å². The number of aromatic nitrogens is 2. The highest BCUT2D eigenvalue weighted by molar-refractivity contribution is 7.09. The SMILES string of the molecule is CC(C)COC[C@H](NC(=O)N(C)Cc1cncs1)C(=O)N[C@H](CC[C@H](Cc1ccccc1)NC(=O)OCc1cncs1)Cc1ccccc1. The standard InChI is InChI=1S/C36H46N6O5S2/c1-26(2)21-46-23-33(41-35(44)42(3)20-31-18-37-24-48-31)34(43)39-29(16-27-10-6-4-7-11-27)14-15-30(17-28-12-8-5-9-13-28)40-36(45)47-22-32-19-38-25-49-32/h4-13,18-19,24-26,29-30,33H,14-17,20-23H2,1-3H3,(H,39,43)(H,40,45)(H,41,44)/t29-,30-,33+/m1/s1. The molecule has 11 nitrogen and oxygen atoms in total. The molecule has 0 saturated carbocycles. The number of carbonyl (C=O) groups excluding carboxylic acids is 3. The Labute approximate surface area is 296 Å². The lowest BCUT2D eigenvalue weighted by Gasteiger charge is -2.27. The normalized spacial score (nSPS) is 12.9. The minimum atomic E-state index is -0.909. The molecule has 0 aliphatic heterocycles. The zero-order valence-corrected chi connectivity index (χ0v) is 29.9. The van der Waals surface area contributed by atoms with Gasteiger partial charge in [0.1, 0.15) is 12.6 Å². The van der Waals surface area contributed by atoms with Crippen molar-refractivity contribution in [1.82, 2.24) is 30.8 Å². The summed E-state index contributed by atoms with van der Waals surface area (Å²) < 4.78 is 11.3. The van der Waals surface area contributed by atoms with Crippen molar-refractivity contribution in [2.75, 3.05) is 20.3 Å². The van der Waals surface area contributed by atoms with Crippen LogP contribution in [0.4, 0.5) is 9.59 Å². The molecule has 49 heavy (non-hydrogen) atoms. The Balaban J connectivity index is 1.45. The van der Waals surface area contributed by atoms with E-state index < -0.39 is 12.1 Å². The van der Waals surface area contributed by atoms with Gasteiger partial charge in [-0.15, -0.1) is 22.7 Å². The summed E-state index contributed by atoms with van der Waals surface area (Å²) in [4.78, 5) is 51.4. The molecular formula is C36H46N6O5S2. The summed E-state index contributed by atoms with van der Waals surface area (Å²) in [6, 6.07) is 18.0. The Morgan fingerprint density at radius 3 is 1.90 bits per heavy atom. The maximum absolute atomic E-state index is 13.9. The van der Waals surface area contributed by atoms with Crippen molar-refractivity contribution in [3.8, 4) is 0 Å². The first-order valence-electron chi connectivity index (χ1n) is 16.4. The van der Waals surface area contributed by atoms with E-state index in [1.807, 2.05) is 74.5 Å². The molecule has 2 heterocycles. The number of hydrogen-bond acceptors (Lipinski definition) is 9. The first-order valence-corrected chi connectivity index (χ1v) is 18.2. The molecule has 0 spiro atoms. The highest BCUT2D eigenvalue weighted by Gasteiger charge is 2.26. The lowest BCUT2D eigenvalue weighted by Crippen LogP contribution is -2.54. The fourth-order valence-electron chi connectivity index (χ4n) is 5.10. The second-order valence-electron chi connectivity index (χ2n) is 12.3. The van der Waals surface area contributed by atoms with E-state index >= 15 is 0 Å². The van der Waals surface area contributed by atoms with E-state index in [0.717, 1.165) is 20.9 Å². The Kier molecular flexibility index (Phi) is 15.5. The number of benzene rings is 2. The molecule has 0 fully saturated rings. The second-order valence-corrected chi connectivity index (χ2v) is 14.2. The predicted molar refractivity (Wildman–Crippen MR) is 192 cm³/mol. The van der Waals surface area contributed by atoms with Crippen molar-refractivity contribution in [3.05, 3.63) is 105 Å². The van der Waals surface area contributed by atoms with Gasteiger partial charge in [-0.05, 0) is 42.7 Å². The Morgan fingerprint density at radius 2 is 1.35 bits per heavy atom. The minimum absolute atomic E-state index is 0.0337. The third-order valence-electron chi connectivity index (χ3n) is 7.58. The molecule has 0 bridgehead atoms. The van der Waals surface area contributed by atoms with E-state index in [1.54, 1.807) is 30.5 Å². The van der Waals surface area contributed by atoms with Crippen LogP contribution in [0.1, 0.15) is 47.6 Å². The second kappa shape index (κ2) is 20.2. The summed E-state index contributed by atoms with van der Waals surface area (Å²) in [5.74, 6) is -0.0669. The van der Waals surface area contributed by atoms with Crippen LogP contribution < -0.4 is 16.0 Å². The third kappa shape index (κ3) is 14.0. The molecular weight excluding hydrogens is 661 g/mol. The van der Waals surface area contributed by atoms with E-state index in [4.69, 9.17) is 9.47 Å². The van der Waals surface area contributed by atoms with Crippen LogP contribution in [0.25, 0.3) is 0 Å². The highest BCUT2D eigenvalue weighted by atomic mass is 32.1. The van der Waals surface area contributed by atoms with Crippen LogP contribution in [-0.2, 0) is 40.3 Å². The van der Waals surface area contributed by atoms with Gasteiger partial charge in [-0.1, -0.05) is 74.5 Å². The van der Waals surface area contributed by atoms with Gasteiger partial charge in [-0.2, -0.15) is 0 Å². The average molecular weight is 707 g/mol. The lowest BCUT2D eigenvalue weighted by molar-refractivity contribution is -0.125. The summed E-state index contributed by atoms with van der Waals surface area (Å²) in [6.45, 7) is 5.06. The zero-order valence-electron chi connectivity index (χ0n) is 28.2. The number of rotatable bonds is 19. The number of nitrogens with one attached hydrogen (secondary N) is 3. The first kappa shape index (κ1) is 37.5. The molecule has 4 aromatic rings. The van der Waals surface area contributed by atoms with Crippen molar-refractivity contribution in [3.63, 3.8) is 0 Å². The number of hydrogen-bond donors (Lipinski definition) is 3. The number of urea groups is 1. The van der Waals surface area contributed by atoms with Gasteiger partial charge in [0.15, 0.2) is 0 Å². The van der Waals surface area contributed by atoms with Crippen molar-refractivity contribution in [1.29, 1.82) is 0 Å². The van der Waals surface area contributed by atoms with Gasteiger partial charge in [-0.3, -0.25) is 14.8 Å². The molecule has 3 N–H and O–H groups in total. The van der Waals surface area contributed by atoms with Gasteiger partial charge < -0.3 is 30.3 Å². The minimum Gasteiger partial charge on any atom is -0.444 e. The van der Waals surface area contributed by atoms with Crippen molar-refractivity contribution >= 4 is 40.7 Å². The average Bonchev–Trinajstić information content (AvgIpc) is 3.81. The van der Waals surface area contributed by atoms with E-state index in [1.165, 1.54) is 27.6 Å². The summed E-state index contributed by atoms with van der Waals surface area (Å²) in [5.41, 5.74) is 5.55. The van der Waals surface area contributed by atoms with Crippen molar-refractivity contribution in [2.24, 2.45) is 5.92 Å². The van der Waals surface area contributed by atoms with Crippen molar-refractivity contribution in [2.45, 2.75) is 70.8 Å². The van der Waals surface area contributed by atoms with Crippen LogP contribution >= 0.6 is 22.7 Å². The van der Waals surface area contributed by atoms with Crippen LogP contribution in [0, 0.1) is 5.92 Å². The molecule has 4 rings (SSSR count). The summed E-state index contributed by atoms with van der Waals surface area (Å²) >= 11 is 2.89. The Bertz CT molecular complexity index is 1520. The maximum atomic E-state index is 13.9. The molecule has 3 atom stereocenters. The van der Waals surface area contributed by atoms with Gasteiger partial charge in [0.25, 0.3) is 0 Å². The van der Waals surface area contributed by atoms with Crippen molar-refractivity contribution < 1.29 is 23.9 Å². The van der Waals surface area contributed by atoms with Crippen LogP contribution in [-0.4, -0.2) is 71.3 Å². The quantitative estimate of drug-likeness (QED) is 0.112. The largest absolute Gasteiger partial charge is 0.444 e. The van der Waals surface area contributed by atoms with Gasteiger partial charge in [0.2, 0.25) is 5.91 Å². The number of ether oxygens (including phenoxy) is 2. The van der Waals surface area contributed by atoms with E-state index in [9.17, 15) is 14.4 Å². The molecule has 4 amide bonds. The number of nitrogens with zero attached hydrogens (tertiary/aromatic N) is 3. The summed E-state index contributed by atoms with van der Waals surface area (Å²) in [5, 5.41) is 9.12. The molecule has 0 radical (unpaired) electrons. The van der Waals surface area contributed by atoms with Crippen LogP contribution in [0.3, 0.4) is 0 Å². The summed E-state index contributed by atoms with van der Waals surface area (Å²) in [6.07, 6.45) is 5.19. The summed E-state index contributed by atoms with van der Waals surface area (Å²) in [7, 11) is 1.68. The number of alkyl carbamates (subject to hydrolysis) is 1. The fraction of sp³-hybridized carbons (Fsp3) is 0.417. The fourth-order valence-corrected chi connectivity index (χ4v) is 6.25. The number of carbonyl (C=O) groups is 3. The topological polar surface area (TPSA) is 135 Å². The van der Waals surface area contributed by atoms with E-state index in [2.05, 4.69) is 25.9 Å². The molecule has 0 aliphatic carbocycles. The monoisotopic (exact) mass is 706 g/mol. The predicted octanol–water partition coefficient (Wildman–Crippen LogP) is 5.83. The van der Waals surface area contributed by atoms with E-state index in [-0.39, 0.29) is 43.2 Å². The molecule has 2 aromatic carbocycles. The zero-order chi connectivity index (χ0) is 34.8. The van der Waals surface area contributed by atoms with Gasteiger partial charge in [0.05, 0.1) is 29.0 Å². The maximum Gasteiger partial charge on any atom is 0.407 e. The number of amides is 4. The molecule has 262 valence electrons. The lowest BCUT2D eigenvalue weighted by atomic mass is 9.96.